The van der Waals surface area contributed by atoms with Gasteiger partial charge < -0.3 is 9.88 Å². The molecule has 1 aromatic heterocycles. The molecule has 0 bridgehead atoms. The van der Waals surface area contributed by atoms with Gasteiger partial charge in [-0.1, -0.05) is 19.3 Å². The highest BCUT2D eigenvalue weighted by atomic mass is 15.2. The molecule has 0 aromatic carbocycles. The Morgan fingerprint density at radius 3 is 2.53 bits per heavy atom. The Balaban J connectivity index is 1.83. The molecule has 3 nitrogen and oxygen atoms in total. The van der Waals surface area contributed by atoms with Gasteiger partial charge >= 0.3 is 0 Å². The van der Waals surface area contributed by atoms with E-state index in [1.165, 1.54) is 50.9 Å². The number of piperazine rings is 1. The summed E-state index contributed by atoms with van der Waals surface area (Å²) in [4.78, 5) is 2.72. The van der Waals surface area contributed by atoms with Gasteiger partial charge in [-0.05, 0) is 30.9 Å². The standard InChI is InChI=1S/C16H27N3/c1-18-11-5-8-15(18)16(14-6-3-2-4-7-14)19-12-9-17-10-13-19/h5,8,11,14,16-17H,2-4,6-7,9-10,12-13H2,1H3/t16-/m1/s1. The van der Waals surface area contributed by atoms with E-state index in [4.69, 9.17) is 0 Å². The zero-order chi connectivity index (χ0) is 13.1. The SMILES string of the molecule is Cn1cccc1[C@@H](C1CCCCC1)N1CCNCC1. The van der Waals surface area contributed by atoms with Crippen molar-refractivity contribution in [2.45, 2.75) is 38.1 Å². The maximum Gasteiger partial charge on any atom is 0.0529 e. The Bertz CT molecular complexity index is 368. The second kappa shape index (κ2) is 6.10. The van der Waals surface area contributed by atoms with Crippen molar-refractivity contribution in [1.29, 1.82) is 0 Å². The van der Waals surface area contributed by atoms with Crippen LogP contribution in [0.5, 0.6) is 0 Å². The molecular weight excluding hydrogens is 234 g/mol. The van der Waals surface area contributed by atoms with Crippen molar-refractivity contribution in [1.82, 2.24) is 14.8 Å². The molecule has 1 N–H and O–H groups in total. The maximum absolute atomic E-state index is 3.48. The Kier molecular flexibility index (Phi) is 4.24. The third-order valence-electron chi connectivity index (χ3n) is 4.93. The van der Waals surface area contributed by atoms with Gasteiger partial charge in [0, 0.05) is 45.1 Å². The largest absolute Gasteiger partial charge is 0.353 e. The summed E-state index contributed by atoms with van der Waals surface area (Å²) in [6, 6.07) is 5.18. The van der Waals surface area contributed by atoms with Crippen LogP contribution in [0.25, 0.3) is 0 Å². The average molecular weight is 261 g/mol. The summed E-state index contributed by atoms with van der Waals surface area (Å²) in [5.41, 5.74) is 1.52. The predicted octanol–water partition coefficient (Wildman–Crippen LogP) is 2.55. The predicted molar refractivity (Wildman–Crippen MR) is 79.2 cm³/mol. The number of hydrogen-bond donors (Lipinski definition) is 1. The minimum absolute atomic E-state index is 0.641. The highest BCUT2D eigenvalue weighted by Crippen LogP contribution is 2.38. The summed E-state index contributed by atoms with van der Waals surface area (Å²) in [5, 5.41) is 3.48. The molecule has 3 rings (SSSR count). The molecule has 106 valence electrons. The van der Waals surface area contributed by atoms with Gasteiger partial charge in [0.15, 0.2) is 0 Å². The van der Waals surface area contributed by atoms with Crippen molar-refractivity contribution in [3.8, 4) is 0 Å². The first-order valence-electron chi connectivity index (χ1n) is 7.92. The Labute approximate surface area is 117 Å². The number of aryl methyl sites for hydroxylation is 1. The van der Waals surface area contributed by atoms with E-state index in [9.17, 15) is 0 Å². The van der Waals surface area contributed by atoms with Crippen LogP contribution in [0.15, 0.2) is 18.3 Å². The molecule has 1 saturated carbocycles. The number of nitrogens with zero attached hydrogens (tertiary/aromatic N) is 2. The second-order valence-electron chi connectivity index (χ2n) is 6.17. The van der Waals surface area contributed by atoms with E-state index in [2.05, 4.69) is 40.2 Å². The lowest BCUT2D eigenvalue weighted by Crippen LogP contribution is -2.47. The summed E-state index contributed by atoms with van der Waals surface area (Å²) >= 11 is 0. The highest BCUT2D eigenvalue weighted by Gasteiger charge is 2.32. The van der Waals surface area contributed by atoms with Crippen molar-refractivity contribution >= 4 is 0 Å². The fraction of sp³-hybridized carbons (Fsp3) is 0.750. The van der Waals surface area contributed by atoms with E-state index in [-0.39, 0.29) is 0 Å². The first-order valence-corrected chi connectivity index (χ1v) is 7.92. The molecule has 1 atom stereocenters. The van der Waals surface area contributed by atoms with Crippen LogP contribution >= 0.6 is 0 Å². The molecule has 19 heavy (non-hydrogen) atoms. The molecule has 1 saturated heterocycles. The summed E-state index contributed by atoms with van der Waals surface area (Å²) < 4.78 is 2.33. The zero-order valence-corrected chi connectivity index (χ0v) is 12.1. The third-order valence-corrected chi connectivity index (χ3v) is 4.93. The molecule has 3 heteroatoms. The average Bonchev–Trinajstić information content (AvgIpc) is 2.88. The number of hydrogen-bond acceptors (Lipinski definition) is 2. The molecule has 1 aromatic rings. The Hall–Kier alpha value is -0.800. The van der Waals surface area contributed by atoms with Crippen LogP contribution in [0.4, 0.5) is 0 Å². The molecular formula is C16H27N3. The molecule has 2 heterocycles. The smallest absolute Gasteiger partial charge is 0.0529 e. The fourth-order valence-corrected chi connectivity index (χ4v) is 3.92. The maximum atomic E-state index is 3.48. The van der Waals surface area contributed by atoms with Gasteiger partial charge in [-0.3, -0.25) is 4.90 Å². The Morgan fingerprint density at radius 2 is 1.89 bits per heavy atom. The van der Waals surface area contributed by atoms with Crippen LogP contribution < -0.4 is 5.32 Å². The quantitative estimate of drug-likeness (QED) is 0.902. The van der Waals surface area contributed by atoms with Crippen LogP contribution in [0.1, 0.15) is 43.8 Å². The van der Waals surface area contributed by atoms with E-state index < -0.39 is 0 Å². The molecule has 0 radical (unpaired) electrons. The first kappa shape index (κ1) is 13.2. The molecule has 2 fully saturated rings. The van der Waals surface area contributed by atoms with Crippen LogP contribution in [-0.4, -0.2) is 35.6 Å². The van der Waals surface area contributed by atoms with Crippen LogP contribution in [0.3, 0.4) is 0 Å². The van der Waals surface area contributed by atoms with E-state index in [0.717, 1.165) is 19.0 Å². The van der Waals surface area contributed by atoms with E-state index in [1.54, 1.807) is 0 Å². The first-order chi connectivity index (χ1) is 9.36. The van der Waals surface area contributed by atoms with Crippen LogP contribution in [0, 0.1) is 5.92 Å². The van der Waals surface area contributed by atoms with E-state index in [1.807, 2.05) is 0 Å². The molecule has 1 aliphatic heterocycles. The third kappa shape index (κ3) is 2.87. The van der Waals surface area contributed by atoms with Crippen LogP contribution in [-0.2, 0) is 7.05 Å². The highest BCUT2D eigenvalue weighted by molar-refractivity contribution is 5.14. The number of aromatic nitrogens is 1. The van der Waals surface area contributed by atoms with Crippen molar-refractivity contribution in [3.63, 3.8) is 0 Å². The van der Waals surface area contributed by atoms with Crippen LogP contribution in [0.2, 0.25) is 0 Å². The van der Waals surface area contributed by atoms with Crippen molar-refractivity contribution in [3.05, 3.63) is 24.0 Å². The van der Waals surface area contributed by atoms with Gasteiger partial charge in [0.05, 0.1) is 6.04 Å². The number of rotatable bonds is 3. The zero-order valence-electron chi connectivity index (χ0n) is 12.1. The molecule has 0 amide bonds. The van der Waals surface area contributed by atoms with Gasteiger partial charge in [0.25, 0.3) is 0 Å². The lowest BCUT2D eigenvalue weighted by atomic mass is 9.81. The van der Waals surface area contributed by atoms with E-state index in [0.29, 0.717) is 6.04 Å². The summed E-state index contributed by atoms with van der Waals surface area (Å²) in [7, 11) is 2.20. The van der Waals surface area contributed by atoms with Gasteiger partial charge in [-0.15, -0.1) is 0 Å². The lowest BCUT2D eigenvalue weighted by Gasteiger charge is -2.41. The minimum atomic E-state index is 0.641. The molecule has 2 aliphatic rings. The van der Waals surface area contributed by atoms with Crippen molar-refractivity contribution in [2.75, 3.05) is 26.2 Å². The monoisotopic (exact) mass is 261 g/mol. The van der Waals surface area contributed by atoms with Gasteiger partial charge in [0.1, 0.15) is 0 Å². The van der Waals surface area contributed by atoms with Crippen molar-refractivity contribution < 1.29 is 0 Å². The molecule has 0 spiro atoms. The summed E-state index contributed by atoms with van der Waals surface area (Å²) in [6.07, 6.45) is 9.33. The summed E-state index contributed by atoms with van der Waals surface area (Å²) in [5.74, 6) is 0.862. The lowest BCUT2D eigenvalue weighted by molar-refractivity contribution is 0.0983. The Morgan fingerprint density at radius 1 is 1.16 bits per heavy atom. The van der Waals surface area contributed by atoms with Gasteiger partial charge in [-0.2, -0.15) is 0 Å². The topological polar surface area (TPSA) is 20.2 Å². The summed E-state index contributed by atoms with van der Waals surface area (Å²) in [6.45, 7) is 4.69. The van der Waals surface area contributed by atoms with Gasteiger partial charge in [-0.25, -0.2) is 0 Å². The van der Waals surface area contributed by atoms with Gasteiger partial charge in [0.2, 0.25) is 0 Å². The molecule has 1 aliphatic carbocycles. The fourth-order valence-electron chi connectivity index (χ4n) is 3.92. The molecule has 0 unspecified atom stereocenters. The van der Waals surface area contributed by atoms with Crippen molar-refractivity contribution in [2.24, 2.45) is 13.0 Å². The number of nitrogens with one attached hydrogen (secondary N) is 1. The second-order valence-corrected chi connectivity index (χ2v) is 6.17. The normalized spacial score (nSPS) is 24.5. The minimum Gasteiger partial charge on any atom is -0.353 e. The van der Waals surface area contributed by atoms with E-state index >= 15 is 0 Å².